The van der Waals surface area contributed by atoms with E-state index in [1.165, 1.54) is 0 Å². The molecular weight excluding hydrogens is 195 g/mol. The second-order valence-corrected chi connectivity index (χ2v) is 3.30. The Labute approximate surface area is 41.3 Å². The molecule has 0 unspecified atom stereocenters. The van der Waals surface area contributed by atoms with Gasteiger partial charge >= 0.3 is 40.7 Å². The summed E-state index contributed by atoms with van der Waals surface area (Å²) in [5.74, 6) is 0. The van der Waals surface area contributed by atoms with E-state index in [0.717, 1.165) is 0 Å². The van der Waals surface area contributed by atoms with Gasteiger partial charge in [0.1, 0.15) is 0 Å². The van der Waals surface area contributed by atoms with E-state index in [1.54, 1.807) is 0 Å². The van der Waals surface area contributed by atoms with Gasteiger partial charge < -0.3 is 0 Å². The maximum absolute atomic E-state index is 9.72. The Balaban J connectivity index is 2.47. The van der Waals surface area contributed by atoms with Crippen LogP contribution in [-0.2, 0) is 9.23 Å². The molecule has 1 aliphatic heterocycles. The van der Waals surface area contributed by atoms with E-state index in [9.17, 15) is 7.87 Å². The summed E-state index contributed by atoms with van der Waals surface area (Å²) >= 11 is -3.07. The summed E-state index contributed by atoms with van der Waals surface area (Å²) < 4.78 is 17.6. The van der Waals surface area contributed by atoms with Crippen LogP contribution in [0.4, 0.5) is 4.79 Å². The van der Waals surface area contributed by atoms with Crippen molar-refractivity contribution in [2.75, 3.05) is 0 Å². The molecule has 32 valence electrons. The fourth-order valence-electron chi connectivity index (χ4n) is 0.144. The predicted octanol–water partition coefficient (Wildman–Crippen LogP) is -0.431. The second-order valence-electron chi connectivity index (χ2n) is 0.704. The molecule has 0 saturated carbocycles. The van der Waals surface area contributed by atoms with Crippen LogP contribution in [0.15, 0.2) is 0 Å². The van der Waals surface area contributed by atoms with Crippen LogP contribution < -0.4 is 0 Å². The fraction of sp³-hybridized carbons (Fsp3) is 0. The molecule has 0 radical (unpaired) electrons. The third-order valence-electron chi connectivity index (χ3n) is 0.333. The van der Waals surface area contributed by atoms with Crippen LogP contribution in [0, 0.1) is 0 Å². The normalized spacial score (nSPS) is 18.0. The van der Waals surface area contributed by atoms with E-state index in [2.05, 4.69) is 6.15 Å². The van der Waals surface area contributed by atoms with E-state index in [1.807, 2.05) is 0 Å². The maximum atomic E-state index is 9.72. The van der Waals surface area contributed by atoms with Gasteiger partial charge in [0, 0.05) is 0 Å². The van der Waals surface area contributed by atoms with Crippen LogP contribution in [0.25, 0.3) is 0 Å². The molecule has 0 aromatic heterocycles. The number of carbonyl (C=O) groups is 1. The number of hydrogen-bond donors (Lipinski definition) is 0. The number of carbonyl (C=O) groups excluding carboxylic acids is 1. The van der Waals surface area contributed by atoms with Crippen molar-refractivity contribution in [3.63, 3.8) is 0 Å². The zero-order chi connectivity index (χ0) is 4.57. The van der Waals surface area contributed by atoms with Crippen LogP contribution in [0.1, 0.15) is 0 Å². The SMILES string of the molecule is O=C1[O][Sn](=[O])[O]1. The van der Waals surface area contributed by atoms with Crippen molar-refractivity contribution >= 4 is 26.7 Å². The van der Waals surface area contributed by atoms with E-state index in [-0.39, 0.29) is 0 Å². The summed E-state index contributed by atoms with van der Waals surface area (Å²) in [5, 5.41) is 0. The molecule has 1 heterocycles. The van der Waals surface area contributed by atoms with Crippen molar-refractivity contribution in [3.8, 4) is 0 Å². The van der Waals surface area contributed by atoms with Crippen LogP contribution in [-0.4, -0.2) is 26.7 Å². The molecule has 1 aliphatic rings. The molecule has 0 amide bonds. The monoisotopic (exact) mass is 196 g/mol. The summed E-state index contributed by atoms with van der Waals surface area (Å²) in [6.45, 7) is 0. The first-order valence-electron chi connectivity index (χ1n) is 1.22. The van der Waals surface area contributed by atoms with Crippen LogP contribution in [0.3, 0.4) is 0 Å². The van der Waals surface area contributed by atoms with E-state index < -0.39 is 26.7 Å². The van der Waals surface area contributed by atoms with Gasteiger partial charge in [-0.05, 0) is 0 Å². The predicted molar refractivity (Wildman–Crippen MR) is 14.0 cm³/mol. The van der Waals surface area contributed by atoms with Crippen molar-refractivity contribution in [3.05, 3.63) is 0 Å². The molecule has 1 fully saturated rings. The van der Waals surface area contributed by atoms with Gasteiger partial charge in [0.25, 0.3) is 0 Å². The third-order valence-corrected chi connectivity index (χ3v) is 2.24. The Bertz CT molecular complexity index is 84.1. The van der Waals surface area contributed by atoms with Crippen molar-refractivity contribution in [1.29, 1.82) is 0 Å². The fourth-order valence-corrected chi connectivity index (χ4v) is 0.964. The zero-order valence-corrected chi connectivity index (χ0v) is 5.49. The molecule has 0 aromatic rings. The van der Waals surface area contributed by atoms with Crippen LogP contribution in [0.2, 0.25) is 0 Å². The van der Waals surface area contributed by atoms with E-state index >= 15 is 0 Å². The minimum atomic E-state index is -3.07. The van der Waals surface area contributed by atoms with Crippen molar-refractivity contribution < 1.29 is 14.0 Å². The van der Waals surface area contributed by atoms with Gasteiger partial charge in [-0.2, -0.15) is 0 Å². The third kappa shape index (κ3) is 0.514. The van der Waals surface area contributed by atoms with Gasteiger partial charge in [-0.1, -0.05) is 0 Å². The molecule has 0 aliphatic carbocycles. The molecule has 0 aromatic carbocycles. The van der Waals surface area contributed by atoms with Gasteiger partial charge in [0.2, 0.25) is 0 Å². The first kappa shape index (κ1) is 4.04. The minimum absolute atomic E-state index is 0.792. The molecule has 0 bridgehead atoms. The van der Waals surface area contributed by atoms with E-state index in [4.69, 9.17) is 0 Å². The van der Waals surface area contributed by atoms with Gasteiger partial charge in [-0.15, -0.1) is 0 Å². The summed E-state index contributed by atoms with van der Waals surface area (Å²) in [5.41, 5.74) is 0. The molecule has 1 saturated heterocycles. The second kappa shape index (κ2) is 1.18. The molecular formula is CO4Sn. The van der Waals surface area contributed by atoms with Crippen LogP contribution in [0.5, 0.6) is 0 Å². The average molecular weight is 195 g/mol. The van der Waals surface area contributed by atoms with Crippen LogP contribution >= 0.6 is 0 Å². The Morgan fingerprint density at radius 2 is 2.00 bits per heavy atom. The quantitative estimate of drug-likeness (QED) is 0.491. The van der Waals surface area contributed by atoms with Gasteiger partial charge in [-0.25, -0.2) is 0 Å². The van der Waals surface area contributed by atoms with Crippen molar-refractivity contribution in [1.82, 2.24) is 0 Å². The summed E-state index contributed by atoms with van der Waals surface area (Å²) in [7, 11) is 0. The first-order valence-corrected chi connectivity index (χ1v) is 4.72. The van der Waals surface area contributed by atoms with Gasteiger partial charge in [0.05, 0.1) is 0 Å². The Morgan fingerprint density at radius 1 is 1.50 bits per heavy atom. The summed E-state index contributed by atoms with van der Waals surface area (Å²) in [6.07, 6.45) is -0.792. The topological polar surface area (TPSA) is 52.6 Å². The molecule has 0 spiro atoms. The summed E-state index contributed by atoms with van der Waals surface area (Å²) in [4.78, 5) is 9.51. The Hall–Kier alpha value is -0.131. The number of rotatable bonds is 0. The molecule has 5 heteroatoms. The Kier molecular flexibility index (Phi) is 0.792. The number of hydrogen-bond acceptors (Lipinski definition) is 4. The molecule has 6 heavy (non-hydrogen) atoms. The van der Waals surface area contributed by atoms with Crippen molar-refractivity contribution in [2.24, 2.45) is 0 Å². The summed E-state index contributed by atoms with van der Waals surface area (Å²) in [6, 6.07) is 0. The molecule has 0 atom stereocenters. The molecule has 1 rings (SSSR count). The van der Waals surface area contributed by atoms with Crippen molar-refractivity contribution in [2.45, 2.75) is 0 Å². The molecule has 4 nitrogen and oxygen atoms in total. The standard InChI is InChI=1S/CH2O3.O.Sn/c2-1(3)4;;/h(H2,2,3,4);;/q;;+2/p-2. The average Bonchev–Trinajstić information content (AvgIpc) is 1.33. The van der Waals surface area contributed by atoms with Gasteiger partial charge in [-0.3, -0.25) is 0 Å². The first-order chi connectivity index (χ1) is 2.79. The zero-order valence-electron chi connectivity index (χ0n) is 2.63. The Morgan fingerprint density at radius 3 is 2.00 bits per heavy atom. The van der Waals surface area contributed by atoms with E-state index in [0.29, 0.717) is 0 Å². The van der Waals surface area contributed by atoms with Gasteiger partial charge in [0.15, 0.2) is 0 Å². The molecule has 0 N–H and O–H groups in total.